The second-order valence-electron chi connectivity index (χ2n) is 4.08. The normalized spacial score (nSPS) is 21.9. The van der Waals surface area contributed by atoms with Crippen molar-refractivity contribution in [2.24, 2.45) is 5.92 Å². The maximum absolute atomic E-state index is 11.5. The summed E-state index contributed by atoms with van der Waals surface area (Å²) in [7, 11) is -3.29. The first kappa shape index (κ1) is 12.2. The lowest BCUT2D eigenvalue weighted by Gasteiger charge is -2.16. The first-order chi connectivity index (χ1) is 6.43. The molecule has 4 nitrogen and oxygen atoms in total. The summed E-state index contributed by atoms with van der Waals surface area (Å²) in [5.74, 6) is 0.286. The standard InChI is InChI=1S/C8H16ClNO3S/c1-7(4-9)5-14(12,13)10-8(6-11)2-3-8/h7,10-11H,2-6H2,1H3. The van der Waals surface area contributed by atoms with Gasteiger partial charge in [0.25, 0.3) is 0 Å². The zero-order valence-electron chi connectivity index (χ0n) is 8.16. The third kappa shape index (κ3) is 3.38. The molecule has 1 atom stereocenters. The van der Waals surface area contributed by atoms with Crippen molar-refractivity contribution in [1.29, 1.82) is 0 Å². The van der Waals surface area contributed by atoms with Crippen LogP contribution >= 0.6 is 11.6 Å². The first-order valence-corrected chi connectivity index (χ1v) is 6.80. The highest BCUT2D eigenvalue weighted by Crippen LogP contribution is 2.35. The van der Waals surface area contributed by atoms with Crippen LogP contribution in [0.25, 0.3) is 0 Å². The molecule has 0 amide bonds. The van der Waals surface area contributed by atoms with Crippen molar-refractivity contribution in [3.05, 3.63) is 0 Å². The third-order valence-corrected chi connectivity index (χ3v) is 4.57. The Balaban J connectivity index is 2.50. The van der Waals surface area contributed by atoms with E-state index in [0.29, 0.717) is 5.88 Å². The fourth-order valence-corrected chi connectivity index (χ4v) is 3.35. The lowest BCUT2D eigenvalue weighted by molar-refractivity contribution is 0.246. The van der Waals surface area contributed by atoms with E-state index in [1.54, 1.807) is 6.92 Å². The highest BCUT2D eigenvalue weighted by atomic mass is 35.5. The van der Waals surface area contributed by atoms with Gasteiger partial charge in [0.05, 0.1) is 17.9 Å². The van der Waals surface area contributed by atoms with Gasteiger partial charge in [-0.15, -0.1) is 11.6 Å². The second kappa shape index (κ2) is 4.35. The Morgan fingerprint density at radius 3 is 2.50 bits per heavy atom. The van der Waals surface area contributed by atoms with E-state index in [9.17, 15) is 8.42 Å². The van der Waals surface area contributed by atoms with Gasteiger partial charge in [-0.1, -0.05) is 6.92 Å². The molecule has 1 rings (SSSR count). The zero-order valence-corrected chi connectivity index (χ0v) is 9.74. The van der Waals surface area contributed by atoms with Crippen LogP contribution < -0.4 is 4.72 Å². The number of aliphatic hydroxyl groups is 1. The lowest BCUT2D eigenvalue weighted by atomic mass is 10.3. The molecule has 1 unspecified atom stereocenters. The highest BCUT2D eigenvalue weighted by Gasteiger charge is 2.45. The molecule has 0 saturated heterocycles. The van der Waals surface area contributed by atoms with E-state index >= 15 is 0 Å². The summed E-state index contributed by atoms with van der Waals surface area (Å²) >= 11 is 5.54. The second-order valence-corrected chi connectivity index (χ2v) is 6.16. The zero-order chi connectivity index (χ0) is 10.8. The molecule has 0 aromatic carbocycles. The van der Waals surface area contributed by atoms with Crippen LogP contribution in [0.15, 0.2) is 0 Å². The van der Waals surface area contributed by atoms with Gasteiger partial charge >= 0.3 is 0 Å². The Kier molecular flexibility index (Phi) is 3.80. The van der Waals surface area contributed by atoms with E-state index in [-0.39, 0.29) is 18.3 Å². The number of rotatable bonds is 6. The minimum atomic E-state index is -3.29. The van der Waals surface area contributed by atoms with Gasteiger partial charge in [0.1, 0.15) is 0 Å². The molecule has 1 aliphatic carbocycles. The molecule has 0 spiro atoms. The summed E-state index contributed by atoms with van der Waals surface area (Å²) in [6, 6.07) is 0. The Hall–Kier alpha value is 0.160. The predicted octanol–water partition coefficient (Wildman–Crippen LogP) is 0.306. The van der Waals surface area contributed by atoms with Crippen LogP contribution in [-0.4, -0.2) is 37.3 Å². The topological polar surface area (TPSA) is 66.4 Å². The quantitative estimate of drug-likeness (QED) is 0.658. The molecule has 0 aromatic heterocycles. The molecule has 0 aliphatic heterocycles. The Morgan fingerprint density at radius 2 is 2.14 bits per heavy atom. The summed E-state index contributed by atoms with van der Waals surface area (Å²) in [5.41, 5.74) is -0.565. The summed E-state index contributed by atoms with van der Waals surface area (Å²) in [6.45, 7) is 1.66. The molecule has 0 bridgehead atoms. The number of hydrogen-bond donors (Lipinski definition) is 2. The molecule has 14 heavy (non-hydrogen) atoms. The van der Waals surface area contributed by atoms with E-state index in [1.807, 2.05) is 0 Å². The minimum absolute atomic E-state index is 0.0260. The SMILES string of the molecule is CC(CCl)CS(=O)(=O)NC1(CO)CC1. The largest absolute Gasteiger partial charge is 0.394 e. The molecule has 6 heteroatoms. The van der Waals surface area contributed by atoms with Gasteiger partial charge in [0, 0.05) is 5.88 Å². The number of alkyl halides is 1. The van der Waals surface area contributed by atoms with E-state index in [2.05, 4.69) is 4.72 Å². The molecular weight excluding hydrogens is 226 g/mol. The smallest absolute Gasteiger partial charge is 0.212 e. The number of sulfonamides is 1. The average Bonchev–Trinajstić information content (AvgIpc) is 2.83. The number of aliphatic hydroxyl groups excluding tert-OH is 1. The van der Waals surface area contributed by atoms with Crippen molar-refractivity contribution in [3.8, 4) is 0 Å². The fraction of sp³-hybridized carbons (Fsp3) is 1.00. The van der Waals surface area contributed by atoms with Crippen molar-refractivity contribution < 1.29 is 13.5 Å². The first-order valence-electron chi connectivity index (χ1n) is 4.61. The maximum atomic E-state index is 11.5. The molecule has 0 radical (unpaired) electrons. The molecular formula is C8H16ClNO3S. The number of nitrogens with one attached hydrogen (secondary N) is 1. The summed E-state index contributed by atoms with van der Waals surface area (Å²) in [4.78, 5) is 0. The van der Waals surface area contributed by atoms with Gasteiger partial charge in [0.2, 0.25) is 10.0 Å². The Bertz CT molecular complexity index is 287. The van der Waals surface area contributed by atoms with Crippen molar-refractivity contribution in [3.63, 3.8) is 0 Å². The van der Waals surface area contributed by atoms with Crippen molar-refractivity contribution in [2.75, 3.05) is 18.2 Å². The van der Waals surface area contributed by atoms with Crippen LogP contribution in [0.2, 0.25) is 0 Å². The van der Waals surface area contributed by atoms with Crippen LogP contribution in [-0.2, 0) is 10.0 Å². The number of halogens is 1. The summed E-state index contributed by atoms with van der Waals surface area (Å²) in [5, 5.41) is 8.96. The van der Waals surface area contributed by atoms with Gasteiger partial charge in [-0.2, -0.15) is 0 Å². The maximum Gasteiger partial charge on any atom is 0.212 e. The molecule has 1 fully saturated rings. The van der Waals surface area contributed by atoms with Crippen LogP contribution in [0.1, 0.15) is 19.8 Å². The van der Waals surface area contributed by atoms with Crippen molar-refractivity contribution >= 4 is 21.6 Å². The van der Waals surface area contributed by atoms with Gasteiger partial charge < -0.3 is 5.11 Å². The molecule has 84 valence electrons. The highest BCUT2D eigenvalue weighted by molar-refractivity contribution is 7.89. The van der Waals surface area contributed by atoms with Crippen molar-refractivity contribution in [2.45, 2.75) is 25.3 Å². The predicted molar refractivity (Wildman–Crippen MR) is 55.9 cm³/mol. The Morgan fingerprint density at radius 1 is 1.57 bits per heavy atom. The molecule has 1 aliphatic rings. The number of hydrogen-bond acceptors (Lipinski definition) is 3. The van der Waals surface area contributed by atoms with E-state index in [1.165, 1.54) is 0 Å². The average molecular weight is 242 g/mol. The van der Waals surface area contributed by atoms with Crippen molar-refractivity contribution in [1.82, 2.24) is 4.72 Å². The van der Waals surface area contributed by atoms with Crippen LogP contribution in [0.5, 0.6) is 0 Å². The summed E-state index contributed by atoms with van der Waals surface area (Å²) in [6.07, 6.45) is 1.44. The van der Waals surface area contributed by atoms with Gasteiger partial charge in [-0.25, -0.2) is 13.1 Å². The van der Waals surface area contributed by atoms with Crippen LogP contribution in [0.3, 0.4) is 0 Å². The third-order valence-electron chi connectivity index (χ3n) is 2.30. The molecule has 0 aromatic rings. The van der Waals surface area contributed by atoms with E-state index in [0.717, 1.165) is 12.8 Å². The molecule has 1 saturated carbocycles. The van der Waals surface area contributed by atoms with E-state index in [4.69, 9.17) is 16.7 Å². The van der Waals surface area contributed by atoms with Gasteiger partial charge in [-0.3, -0.25) is 0 Å². The minimum Gasteiger partial charge on any atom is -0.394 e. The monoisotopic (exact) mass is 241 g/mol. The molecule has 0 heterocycles. The summed E-state index contributed by atoms with van der Waals surface area (Å²) < 4.78 is 25.6. The van der Waals surface area contributed by atoms with Crippen LogP contribution in [0.4, 0.5) is 0 Å². The van der Waals surface area contributed by atoms with Gasteiger partial charge in [0.15, 0.2) is 0 Å². The van der Waals surface area contributed by atoms with E-state index < -0.39 is 15.6 Å². The molecule has 2 N–H and O–H groups in total. The van der Waals surface area contributed by atoms with Gasteiger partial charge in [-0.05, 0) is 18.8 Å². The lowest BCUT2D eigenvalue weighted by Crippen LogP contribution is -2.41. The fourth-order valence-electron chi connectivity index (χ4n) is 1.23. The Labute approximate surface area is 89.7 Å². The van der Waals surface area contributed by atoms with Crippen LogP contribution in [0, 0.1) is 5.92 Å².